The predicted molar refractivity (Wildman–Crippen MR) is 80.8 cm³/mol. The lowest BCUT2D eigenvalue weighted by Gasteiger charge is -2.44. The van der Waals surface area contributed by atoms with Crippen molar-refractivity contribution in [3.8, 4) is 17.1 Å². The largest absolute Gasteiger partial charge is 0.444 e. The number of fused-ring (bicyclic) bond motifs is 3. The Hall–Kier alpha value is -1.94. The molecule has 21 heavy (non-hydrogen) atoms. The molecule has 3 aliphatic rings. The summed E-state index contributed by atoms with van der Waals surface area (Å²) in [5.41, 5.74) is 2.15. The van der Waals surface area contributed by atoms with E-state index >= 15 is 0 Å². The molecule has 2 aromatic rings. The van der Waals surface area contributed by atoms with Crippen molar-refractivity contribution in [2.75, 3.05) is 13.1 Å². The highest BCUT2D eigenvalue weighted by atomic mass is 16.5. The van der Waals surface area contributed by atoms with Crippen molar-refractivity contribution >= 4 is 0 Å². The van der Waals surface area contributed by atoms with Gasteiger partial charge in [-0.3, -0.25) is 4.90 Å². The van der Waals surface area contributed by atoms with Gasteiger partial charge in [0.05, 0.1) is 0 Å². The molecule has 0 saturated carbocycles. The maximum Gasteiger partial charge on any atom is 0.317 e. The van der Waals surface area contributed by atoms with Gasteiger partial charge < -0.3 is 4.74 Å². The Morgan fingerprint density at radius 2 is 1.67 bits per heavy atom. The smallest absolute Gasteiger partial charge is 0.317 e. The Morgan fingerprint density at radius 3 is 2.29 bits per heavy atom. The van der Waals surface area contributed by atoms with E-state index in [9.17, 15) is 0 Å². The van der Waals surface area contributed by atoms with E-state index in [4.69, 9.17) is 4.74 Å². The molecule has 4 heteroatoms. The molecule has 1 aromatic heterocycles. The van der Waals surface area contributed by atoms with Crippen LogP contribution in [0, 0.1) is 5.92 Å². The molecule has 0 spiro atoms. The van der Waals surface area contributed by atoms with Gasteiger partial charge in [0.2, 0.25) is 0 Å². The summed E-state index contributed by atoms with van der Waals surface area (Å²) in [6.45, 7) is 2.30. The molecule has 3 fully saturated rings. The molecule has 1 atom stereocenters. The van der Waals surface area contributed by atoms with Gasteiger partial charge in [-0.15, -0.1) is 0 Å². The molecule has 0 amide bonds. The molecule has 1 aromatic carbocycles. The molecule has 3 aliphatic heterocycles. The molecule has 0 radical (unpaired) electrons. The lowest BCUT2D eigenvalue weighted by atomic mass is 9.87. The van der Waals surface area contributed by atoms with Gasteiger partial charge in [-0.1, -0.05) is 30.3 Å². The molecule has 2 bridgehead atoms. The van der Waals surface area contributed by atoms with Crippen LogP contribution in [0.1, 0.15) is 19.3 Å². The van der Waals surface area contributed by atoms with Gasteiger partial charge >= 0.3 is 6.01 Å². The van der Waals surface area contributed by atoms with Crippen LogP contribution in [-0.2, 0) is 0 Å². The number of hydrogen-bond donors (Lipinski definition) is 0. The average molecular weight is 281 g/mol. The van der Waals surface area contributed by atoms with E-state index in [1.54, 1.807) is 0 Å². The van der Waals surface area contributed by atoms with E-state index in [-0.39, 0.29) is 6.23 Å². The van der Waals surface area contributed by atoms with Crippen LogP contribution in [0.3, 0.4) is 0 Å². The lowest BCUT2D eigenvalue weighted by Crippen LogP contribution is -2.51. The molecule has 4 heterocycles. The SMILES string of the molecule is c1ccc(-c2cnc(OC3CC4CCN3CC4)nc2)cc1. The molecule has 4 nitrogen and oxygen atoms in total. The number of benzene rings is 1. The first-order valence-electron chi connectivity index (χ1n) is 7.67. The molecular weight excluding hydrogens is 262 g/mol. The summed E-state index contributed by atoms with van der Waals surface area (Å²) in [7, 11) is 0. The van der Waals surface area contributed by atoms with Gasteiger partial charge in [0.15, 0.2) is 6.23 Å². The lowest BCUT2D eigenvalue weighted by molar-refractivity contribution is -0.0648. The highest BCUT2D eigenvalue weighted by Crippen LogP contribution is 2.32. The highest BCUT2D eigenvalue weighted by molar-refractivity contribution is 5.61. The van der Waals surface area contributed by atoms with Gasteiger partial charge in [-0.2, -0.15) is 0 Å². The van der Waals surface area contributed by atoms with Crippen molar-refractivity contribution < 1.29 is 4.74 Å². The summed E-state index contributed by atoms with van der Waals surface area (Å²) in [4.78, 5) is 11.2. The normalized spacial score (nSPS) is 27.5. The van der Waals surface area contributed by atoms with Gasteiger partial charge in [-0.25, -0.2) is 9.97 Å². The quantitative estimate of drug-likeness (QED) is 0.867. The summed E-state index contributed by atoms with van der Waals surface area (Å²) in [6.07, 6.45) is 7.59. The standard InChI is InChI=1S/C17H19N3O/c1-2-4-14(5-3-1)15-11-18-17(19-12-15)21-16-10-13-6-8-20(16)9-7-13/h1-5,11-13,16H,6-10H2. The zero-order chi connectivity index (χ0) is 14.1. The first-order valence-corrected chi connectivity index (χ1v) is 7.67. The highest BCUT2D eigenvalue weighted by Gasteiger charge is 2.35. The molecule has 0 N–H and O–H groups in total. The maximum atomic E-state index is 5.98. The minimum absolute atomic E-state index is 0.167. The summed E-state index contributed by atoms with van der Waals surface area (Å²) in [5, 5.41) is 0. The van der Waals surface area contributed by atoms with Crippen LogP contribution < -0.4 is 4.74 Å². The van der Waals surface area contributed by atoms with E-state index < -0.39 is 0 Å². The zero-order valence-electron chi connectivity index (χ0n) is 12.0. The Bertz CT molecular complexity index is 591. The van der Waals surface area contributed by atoms with Crippen molar-refractivity contribution in [2.45, 2.75) is 25.5 Å². The van der Waals surface area contributed by atoms with Crippen LogP contribution in [0.15, 0.2) is 42.7 Å². The van der Waals surface area contributed by atoms with E-state index in [1.807, 2.05) is 30.6 Å². The number of hydrogen-bond acceptors (Lipinski definition) is 4. The Morgan fingerprint density at radius 1 is 0.952 bits per heavy atom. The minimum atomic E-state index is 0.167. The Labute approximate surface area is 124 Å². The van der Waals surface area contributed by atoms with Crippen molar-refractivity contribution in [3.63, 3.8) is 0 Å². The second-order valence-electron chi connectivity index (χ2n) is 5.91. The van der Waals surface area contributed by atoms with Crippen molar-refractivity contribution in [3.05, 3.63) is 42.7 Å². The van der Waals surface area contributed by atoms with Crippen molar-refractivity contribution in [2.24, 2.45) is 5.92 Å². The van der Waals surface area contributed by atoms with Gasteiger partial charge in [0.1, 0.15) is 0 Å². The Kier molecular flexibility index (Phi) is 3.31. The maximum absolute atomic E-state index is 5.98. The van der Waals surface area contributed by atoms with Crippen LogP contribution in [0.2, 0.25) is 0 Å². The number of aromatic nitrogens is 2. The third kappa shape index (κ3) is 2.63. The number of ether oxygens (including phenoxy) is 1. The summed E-state index contributed by atoms with van der Waals surface area (Å²) in [6, 6.07) is 10.7. The third-order valence-corrected chi connectivity index (χ3v) is 4.57. The molecular formula is C17H19N3O. The van der Waals surface area contributed by atoms with E-state index in [0.29, 0.717) is 6.01 Å². The fourth-order valence-corrected chi connectivity index (χ4v) is 3.31. The number of nitrogens with zero attached hydrogens (tertiary/aromatic N) is 3. The molecule has 108 valence electrons. The van der Waals surface area contributed by atoms with E-state index in [2.05, 4.69) is 27.0 Å². The number of piperidine rings is 3. The summed E-state index contributed by atoms with van der Waals surface area (Å²) < 4.78 is 5.98. The van der Waals surface area contributed by atoms with Crippen LogP contribution >= 0.6 is 0 Å². The Balaban J connectivity index is 1.47. The molecule has 0 aliphatic carbocycles. The second-order valence-corrected chi connectivity index (χ2v) is 5.91. The summed E-state index contributed by atoms with van der Waals surface area (Å²) in [5.74, 6) is 0.823. The monoisotopic (exact) mass is 281 g/mol. The van der Waals surface area contributed by atoms with Crippen LogP contribution in [0.5, 0.6) is 6.01 Å². The second kappa shape index (κ2) is 5.45. The van der Waals surface area contributed by atoms with Crippen LogP contribution in [0.25, 0.3) is 11.1 Å². The fourth-order valence-electron chi connectivity index (χ4n) is 3.31. The van der Waals surface area contributed by atoms with Gasteiger partial charge in [0.25, 0.3) is 0 Å². The predicted octanol–water partition coefficient (Wildman–Crippen LogP) is 2.96. The van der Waals surface area contributed by atoms with E-state index in [0.717, 1.165) is 36.6 Å². The average Bonchev–Trinajstić information content (AvgIpc) is 2.57. The first kappa shape index (κ1) is 12.8. The number of rotatable bonds is 3. The molecule has 3 saturated heterocycles. The van der Waals surface area contributed by atoms with E-state index in [1.165, 1.54) is 12.8 Å². The molecule has 1 unspecified atom stereocenters. The first-order chi connectivity index (χ1) is 10.4. The van der Waals surface area contributed by atoms with Crippen molar-refractivity contribution in [1.29, 1.82) is 0 Å². The van der Waals surface area contributed by atoms with Crippen LogP contribution in [0.4, 0.5) is 0 Å². The van der Waals surface area contributed by atoms with Gasteiger partial charge in [-0.05, 0) is 24.3 Å². The topological polar surface area (TPSA) is 38.2 Å². The zero-order valence-corrected chi connectivity index (χ0v) is 12.0. The third-order valence-electron chi connectivity index (χ3n) is 4.57. The van der Waals surface area contributed by atoms with Crippen LogP contribution in [-0.4, -0.2) is 34.2 Å². The molecule has 5 rings (SSSR count). The fraction of sp³-hybridized carbons (Fsp3) is 0.412. The minimum Gasteiger partial charge on any atom is -0.444 e. The van der Waals surface area contributed by atoms with Gasteiger partial charge in [0, 0.05) is 37.5 Å². The van der Waals surface area contributed by atoms with Crippen molar-refractivity contribution in [1.82, 2.24) is 14.9 Å². The summed E-state index contributed by atoms with van der Waals surface area (Å²) >= 11 is 0.